The molecule has 32 heavy (non-hydrogen) atoms. The predicted octanol–water partition coefficient (Wildman–Crippen LogP) is 1.61. The summed E-state index contributed by atoms with van der Waals surface area (Å²) < 4.78 is 0. The summed E-state index contributed by atoms with van der Waals surface area (Å²) in [6, 6.07) is 11.6. The van der Waals surface area contributed by atoms with Gasteiger partial charge in [-0.25, -0.2) is 0 Å². The van der Waals surface area contributed by atoms with Crippen LogP contribution in [0.1, 0.15) is 61.0 Å². The van der Waals surface area contributed by atoms with Gasteiger partial charge in [-0.15, -0.1) is 10.2 Å². The first-order valence-corrected chi connectivity index (χ1v) is 10.8. The zero-order valence-electron chi connectivity index (χ0n) is 18.6. The topological polar surface area (TPSA) is 126 Å². The van der Waals surface area contributed by atoms with Gasteiger partial charge in [0.05, 0.1) is 5.41 Å². The number of rotatable bonds is 5. The van der Waals surface area contributed by atoms with Gasteiger partial charge in [0.25, 0.3) is 11.8 Å². The molecule has 3 aromatic rings. The summed E-state index contributed by atoms with van der Waals surface area (Å²) in [6.07, 6.45) is 2.05. The molecule has 0 atom stereocenters. The fourth-order valence-electron chi connectivity index (χ4n) is 4.82. The van der Waals surface area contributed by atoms with E-state index in [1.807, 2.05) is 43.3 Å². The lowest BCUT2D eigenvalue weighted by Gasteiger charge is -2.34. The number of hydrogen-bond acceptors (Lipinski definition) is 5. The Balaban J connectivity index is 2.02. The number of aromatic amines is 1. The summed E-state index contributed by atoms with van der Waals surface area (Å²) >= 11 is 0. The smallest absolute Gasteiger partial charge is 0.251 e. The molecule has 0 radical (unpaired) electrons. The monoisotopic (exact) mass is 432 g/mol. The van der Waals surface area contributed by atoms with Gasteiger partial charge in [0.2, 0.25) is 0 Å². The first kappa shape index (κ1) is 21.7. The Morgan fingerprint density at radius 1 is 0.969 bits per heavy atom. The molecule has 0 spiro atoms. The van der Waals surface area contributed by atoms with E-state index in [1.54, 1.807) is 14.1 Å². The molecule has 1 heterocycles. The Bertz CT molecular complexity index is 1120. The maximum Gasteiger partial charge on any atom is 0.251 e. The number of carbonyl (C=O) groups excluding carboxylic acids is 2. The van der Waals surface area contributed by atoms with Gasteiger partial charge >= 0.3 is 0 Å². The Kier molecular flexibility index (Phi) is 5.80. The van der Waals surface area contributed by atoms with Crippen LogP contribution in [0.5, 0.6) is 0 Å². The normalized spacial score (nSPS) is 14.1. The minimum Gasteiger partial charge on any atom is -0.355 e. The van der Waals surface area contributed by atoms with Crippen LogP contribution in [-0.4, -0.2) is 47.6 Å². The van der Waals surface area contributed by atoms with E-state index >= 15 is 0 Å². The first-order valence-electron chi connectivity index (χ1n) is 10.8. The SMILES string of the molecule is CNC(=O)c1ccc2c(c1)CCc1cc(C(=O)NC)ccc1C2(CCN)c1nnc(C)[nH]1. The number of fused-ring (bicyclic) bond motifs is 2. The number of hydrogen-bond donors (Lipinski definition) is 4. The van der Waals surface area contributed by atoms with Crippen molar-refractivity contribution >= 4 is 11.8 Å². The summed E-state index contributed by atoms with van der Waals surface area (Å²) in [5.74, 6) is 1.17. The summed E-state index contributed by atoms with van der Waals surface area (Å²) in [5, 5.41) is 14.1. The van der Waals surface area contributed by atoms with Crippen molar-refractivity contribution in [2.24, 2.45) is 5.73 Å². The molecule has 2 aromatic carbocycles. The lowest BCUT2D eigenvalue weighted by Crippen LogP contribution is -2.35. The molecule has 0 saturated heterocycles. The van der Waals surface area contributed by atoms with Crippen LogP contribution in [0.15, 0.2) is 36.4 Å². The molecule has 0 unspecified atom stereocenters. The van der Waals surface area contributed by atoms with Crippen molar-refractivity contribution < 1.29 is 9.59 Å². The largest absolute Gasteiger partial charge is 0.355 e. The van der Waals surface area contributed by atoms with Gasteiger partial charge < -0.3 is 21.4 Å². The van der Waals surface area contributed by atoms with Gasteiger partial charge in [-0.1, -0.05) is 12.1 Å². The molecular weight excluding hydrogens is 404 g/mol. The molecular formula is C24H28N6O2. The highest BCUT2D eigenvalue weighted by Crippen LogP contribution is 2.46. The van der Waals surface area contributed by atoms with Crippen molar-refractivity contribution in [3.8, 4) is 0 Å². The fraction of sp³-hybridized carbons (Fsp3) is 0.333. The van der Waals surface area contributed by atoms with Crippen LogP contribution in [0.4, 0.5) is 0 Å². The second-order valence-corrected chi connectivity index (χ2v) is 8.11. The van der Waals surface area contributed by atoms with E-state index in [-0.39, 0.29) is 11.8 Å². The van der Waals surface area contributed by atoms with Crippen LogP contribution in [0.3, 0.4) is 0 Å². The third kappa shape index (κ3) is 3.46. The number of aromatic nitrogens is 3. The van der Waals surface area contributed by atoms with Crippen molar-refractivity contribution in [2.75, 3.05) is 20.6 Å². The standard InChI is InChI=1S/C24H28N6O2/c1-14-28-23(30-29-14)24(10-11-25)19-8-6-17(21(31)26-2)12-15(19)4-5-16-13-18(22(32)27-3)7-9-20(16)24/h6-9,12-13H,4-5,10-11,25H2,1-3H3,(H,26,31)(H,27,32)(H,28,29,30). The van der Waals surface area contributed by atoms with Crippen molar-refractivity contribution in [1.29, 1.82) is 0 Å². The molecule has 1 aliphatic carbocycles. The van der Waals surface area contributed by atoms with Crippen LogP contribution in [0, 0.1) is 6.92 Å². The van der Waals surface area contributed by atoms with Gasteiger partial charge in [-0.3, -0.25) is 9.59 Å². The van der Waals surface area contributed by atoms with Crippen LogP contribution < -0.4 is 16.4 Å². The first-order chi connectivity index (χ1) is 15.4. The van der Waals surface area contributed by atoms with Gasteiger partial charge in [-0.05, 0) is 79.3 Å². The second-order valence-electron chi connectivity index (χ2n) is 8.11. The van der Waals surface area contributed by atoms with Gasteiger partial charge in [0.15, 0.2) is 0 Å². The van der Waals surface area contributed by atoms with Crippen LogP contribution in [-0.2, 0) is 18.3 Å². The Morgan fingerprint density at radius 3 is 1.91 bits per heavy atom. The number of H-pyrrole nitrogens is 1. The molecule has 0 bridgehead atoms. The summed E-state index contributed by atoms with van der Waals surface area (Å²) in [4.78, 5) is 28.0. The predicted molar refractivity (Wildman–Crippen MR) is 122 cm³/mol. The molecule has 166 valence electrons. The zero-order valence-corrected chi connectivity index (χ0v) is 18.6. The van der Waals surface area contributed by atoms with Gasteiger partial charge in [-0.2, -0.15) is 0 Å². The number of nitrogens with one attached hydrogen (secondary N) is 3. The van der Waals surface area contributed by atoms with E-state index in [2.05, 4.69) is 25.8 Å². The quantitative estimate of drug-likeness (QED) is 0.487. The molecule has 8 nitrogen and oxygen atoms in total. The van der Waals surface area contributed by atoms with Crippen molar-refractivity contribution in [3.05, 3.63) is 81.4 Å². The number of amides is 2. The van der Waals surface area contributed by atoms with Crippen LogP contribution in [0.25, 0.3) is 0 Å². The number of benzene rings is 2. The Morgan fingerprint density at radius 2 is 1.50 bits per heavy atom. The Labute approximate surface area is 187 Å². The van der Waals surface area contributed by atoms with E-state index in [9.17, 15) is 9.59 Å². The minimum atomic E-state index is -0.667. The molecule has 1 aliphatic rings. The highest BCUT2D eigenvalue weighted by molar-refractivity contribution is 5.95. The Hall–Kier alpha value is -3.52. The van der Waals surface area contributed by atoms with Crippen molar-refractivity contribution in [2.45, 2.75) is 31.6 Å². The average Bonchev–Trinajstić information content (AvgIpc) is 3.21. The van der Waals surface area contributed by atoms with E-state index in [0.29, 0.717) is 35.7 Å². The van der Waals surface area contributed by atoms with Crippen LogP contribution >= 0.6 is 0 Å². The summed E-state index contributed by atoms with van der Waals surface area (Å²) in [6.45, 7) is 2.29. The third-order valence-electron chi connectivity index (χ3n) is 6.30. The molecule has 4 rings (SSSR count). The van der Waals surface area contributed by atoms with Crippen molar-refractivity contribution in [3.63, 3.8) is 0 Å². The molecule has 0 saturated carbocycles. The molecule has 1 aromatic heterocycles. The highest BCUT2D eigenvalue weighted by Gasteiger charge is 2.43. The van der Waals surface area contributed by atoms with Gasteiger partial charge in [0.1, 0.15) is 11.6 Å². The molecule has 8 heteroatoms. The number of carbonyl (C=O) groups is 2. The fourth-order valence-corrected chi connectivity index (χ4v) is 4.82. The maximum absolute atomic E-state index is 12.3. The summed E-state index contributed by atoms with van der Waals surface area (Å²) in [7, 11) is 3.25. The molecule has 5 N–H and O–H groups in total. The lowest BCUT2D eigenvalue weighted by atomic mass is 9.69. The van der Waals surface area contributed by atoms with Gasteiger partial charge in [0, 0.05) is 25.2 Å². The van der Waals surface area contributed by atoms with Crippen molar-refractivity contribution in [1.82, 2.24) is 25.8 Å². The van der Waals surface area contributed by atoms with E-state index in [1.165, 1.54) is 0 Å². The number of aryl methyl sites for hydroxylation is 3. The number of nitrogens with zero attached hydrogens (tertiary/aromatic N) is 2. The minimum absolute atomic E-state index is 0.128. The molecule has 0 aliphatic heterocycles. The number of nitrogens with two attached hydrogens (primary N) is 1. The zero-order chi connectivity index (χ0) is 22.9. The average molecular weight is 433 g/mol. The molecule has 0 fully saturated rings. The maximum atomic E-state index is 12.3. The molecule has 2 amide bonds. The highest BCUT2D eigenvalue weighted by atomic mass is 16.2. The third-order valence-corrected chi connectivity index (χ3v) is 6.30. The summed E-state index contributed by atoms with van der Waals surface area (Å²) in [5.41, 5.74) is 10.9. The lowest BCUT2D eigenvalue weighted by molar-refractivity contribution is 0.0955. The van der Waals surface area contributed by atoms with E-state index in [0.717, 1.165) is 35.1 Å². The second kappa shape index (κ2) is 8.55. The van der Waals surface area contributed by atoms with E-state index < -0.39 is 5.41 Å². The van der Waals surface area contributed by atoms with Crippen LogP contribution in [0.2, 0.25) is 0 Å². The van der Waals surface area contributed by atoms with E-state index in [4.69, 9.17) is 5.73 Å².